The lowest BCUT2D eigenvalue weighted by molar-refractivity contribution is -0.384. The first-order chi connectivity index (χ1) is 16.2. The van der Waals surface area contributed by atoms with E-state index in [1.807, 2.05) is 19.9 Å². The van der Waals surface area contributed by atoms with Gasteiger partial charge < -0.3 is 9.84 Å². The van der Waals surface area contributed by atoms with Crippen LogP contribution in [0.3, 0.4) is 0 Å². The smallest absolute Gasteiger partial charge is 0.300 e. The second-order valence-corrected chi connectivity index (χ2v) is 8.10. The first-order valence-electron chi connectivity index (χ1n) is 10.5. The molecule has 3 aromatic rings. The summed E-state index contributed by atoms with van der Waals surface area (Å²) in [5, 5.41) is 22.4. The fourth-order valence-corrected chi connectivity index (χ4v) is 4.24. The molecule has 0 aliphatic carbocycles. The van der Waals surface area contributed by atoms with Gasteiger partial charge in [-0.05, 0) is 54.8 Å². The molecule has 1 N–H and O–H groups in total. The van der Waals surface area contributed by atoms with Gasteiger partial charge in [0.2, 0.25) is 0 Å². The number of aryl methyl sites for hydroxylation is 2. The van der Waals surface area contributed by atoms with E-state index < -0.39 is 28.4 Å². The third-order valence-electron chi connectivity index (χ3n) is 5.67. The lowest BCUT2D eigenvalue weighted by Gasteiger charge is -2.26. The van der Waals surface area contributed by atoms with Gasteiger partial charge in [-0.25, -0.2) is 0 Å². The molecule has 172 valence electrons. The SMILES string of the molecule is COc1cccc(C2/C(=C(/O)c3cccc([N+](=O)[O-])c3)C(=O)C(=O)N2c2cc(C)cc(C)c2)c1. The number of aliphatic hydroxyl groups is 1. The Kier molecular flexibility index (Phi) is 5.89. The van der Waals surface area contributed by atoms with Gasteiger partial charge in [0.15, 0.2) is 0 Å². The van der Waals surface area contributed by atoms with Crippen molar-refractivity contribution < 1.29 is 24.4 Å². The number of ether oxygens (including phenoxy) is 1. The number of rotatable bonds is 5. The molecule has 0 saturated carbocycles. The number of amides is 1. The van der Waals surface area contributed by atoms with Gasteiger partial charge in [-0.2, -0.15) is 0 Å². The van der Waals surface area contributed by atoms with E-state index in [0.717, 1.165) is 11.1 Å². The molecular weight excluding hydrogens is 436 g/mol. The fourth-order valence-electron chi connectivity index (χ4n) is 4.24. The average molecular weight is 458 g/mol. The lowest BCUT2D eigenvalue weighted by Crippen LogP contribution is -2.29. The van der Waals surface area contributed by atoms with E-state index in [4.69, 9.17) is 4.74 Å². The minimum absolute atomic E-state index is 0.0699. The number of Topliss-reactive ketones (excluding diaryl/α,β-unsaturated/α-hetero) is 1. The van der Waals surface area contributed by atoms with Crippen molar-refractivity contribution in [3.8, 4) is 5.75 Å². The molecule has 8 heteroatoms. The molecule has 0 bridgehead atoms. The van der Waals surface area contributed by atoms with E-state index in [2.05, 4.69) is 0 Å². The summed E-state index contributed by atoms with van der Waals surface area (Å²) in [6.07, 6.45) is 0. The molecule has 1 atom stereocenters. The van der Waals surface area contributed by atoms with Crippen molar-refractivity contribution in [2.75, 3.05) is 12.0 Å². The maximum absolute atomic E-state index is 13.3. The van der Waals surface area contributed by atoms with E-state index in [-0.39, 0.29) is 16.8 Å². The summed E-state index contributed by atoms with van der Waals surface area (Å²) in [5.74, 6) is -1.65. The van der Waals surface area contributed by atoms with Crippen LogP contribution in [0.1, 0.15) is 28.3 Å². The predicted octanol–water partition coefficient (Wildman–Crippen LogP) is 4.85. The number of hydrogen-bond donors (Lipinski definition) is 1. The largest absolute Gasteiger partial charge is 0.507 e. The Hall–Kier alpha value is -4.46. The van der Waals surface area contributed by atoms with Crippen LogP contribution in [0, 0.1) is 24.0 Å². The molecule has 8 nitrogen and oxygen atoms in total. The van der Waals surface area contributed by atoms with Crippen molar-refractivity contribution >= 4 is 28.8 Å². The molecule has 1 fully saturated rings. The zero-order valence-electron chi connectivity index (χ0n) is 18.8. The molecule has 4 rings (SSSR count). The van der Waals surface area contributed by atoms with Crippen molar-refractivity contribution in [2.45, 2.75) is 19.9 Å². The van der Waals surface area contributed by atoms with Crippen LogP contribution < -0.4 is 9.64 Å². The fraction of sp³-hybridized carbons (Fsp3) is 0.154. The van der Waals surface area contributed by atoms with E-state index in [1.165, 1.54) is 36.3 Å². The monoisotopic (exact) mass is 458 g/mol. The van der Waals surface area contributed by atoms with Crippen molar-refractivity contribution in [3.05, 3.63) is 105 Å². The molecule has 1 aliphatic rings. The number of nitro benzene ring substituents is 1. The number of anilines is 1. The quantitative estimate of drug-likeness (QED) is 0.192. The number of non-ortho nitro benzene ring substituents is 1. The highest BCUT2D eigenvalue weighted by Crippen LogP contribution is 2.43. The van der Waals surface area contributed by atoms with Crippen molar-refractivity contribution in [2.24, 2.45) is 0 Å². The summed E-state index contributed by atoms with van der Waals surface area (Å²) in [4.78, 5) is 38.5. The number of aliphatic hydroxyl groups excluding tert-OH is 1. The summed E-state index contributed by atoms with van der Waals surface area (Å²) in [6.45, 7) is 3.77. The minimum Gasteiger partial charge on any atom is -0.507 e. The first-order valence-corrected chi connectivity index (χ1v) is 10.5. The number of nitro groups is 1. The lowest BCUT2D eigenvalue weighted by atomic mass is 9.94. The van der Waals surface area contributed by atoms with Crippen molar-refractivity contribution in [1.82, 2.24) is 0 Å². The predicted molar refractivity (Wildman–Crippen MR) is 127 cm³/mol. The molecule has 0 spiro atoms. The minimum atomic E-state index is -0.962. The van der Waals surface area contributed by atoms with E-state index in [9.17, 15) is 24.8 Å². The Morgan fingerprint density at radius 1 is 1.00 bits per heavy atom. The van der Waals surface area contributed by atoms with Gasteiger partial charge in [0.25, 0.3) is 17.4 Å². The van der Waals surface area contributed by atoms with Crippen LogP contribution in [-0.2, 0) is 9.59 Å². The molecule has 1 unspecified atom stereocenters. The highest BCUT2D eigenvalue weighted by molar-refractivity contribution is 6.51. The Morgan fingerprint density at radius 2 is 1.68 bits per heavy atom. The molecule has 0 aromatic heterocycles. The second-order valence-electron chi connectivity index (χ2n) is 8.10. The summed E-state index contributed by atoms with van der Waals surface area (Å²) in [6, 6.07) is 16.8. The third kappa shape index (κ3) is 4.01. The molecule has 3 aromatic carbocycles. The second kappa shape index (κ2) is 8.82. The van der Waals surface area contributed by atoms with Crippen molar-refractivity contribution in [3.63, 3.8) is 0 Å². The Labute approximate surface area is 195 Å². The number of hydrogen-bond acceptors (Lipinski definition) is 6. The van der Waals surface area contributed by atoms with Gasteiger partial charge in [0.05, 0.1) is 23.6 Å². The molecule has 0 radical (unpaired) electrons. The Balaban J connectivity index is 1.98. The Morgan fingerprint density at radius 3 is 2.32 bits per heavy atom. The molecule has 34 heavy (non-hydrogen) atoms. The number of methoxy groups -OCH3 is 1. The Bertz CT molecular complexity index is 1340. The summed E-state index contributed by atoms with van der Waals surface area (Å²) in [7, 11) is 1.50. The van der Waals surface area contributed by atoms with Crippen LogP contribution in [0.5, 0.6) is 5.75 Å². The van der Waals surface area contributed by atoms with Gasteiger partial charge in [0, 0.05) is 23.4 Å². The average Bonchev–Trinajstić information content (AvgIpc) is 3.08. The topological polar surface area (TPSA) is 110 Å². The number of carbonyl (C=O) groups is 2. The number of benzene rings is 3. The van der Waals surface area contributed by atoms with Gasteiger partial charge in [-0.15, -0.1) is 0 Å². The third-order valence-corrected chi connectivity index (χ3v) is 5.67. The van der Waals surface area contributed by atoms with Gasteiger partial charge in [-0.1, -0.05) is 30.3 Å². The normalized spacial score (nSPS) is 17.1. The van der Waals surface area contributed by atoms with Crippen LogP contribution in [-0.4, -0.2) is 28.8 Å². The van der Waals surface area contributed by atoms with Gasteiger partial charge >= 0.3 is 0 Å². The summed E-state index contributed by atoms with van der Waals surface area (Å²) in [5.41, 5.74) is 2.53. The number of carbonyl (C=O) groups excluding carboxylic acids is 2. The van der Waals surface area contributed by atoms with E-state index >= 15 is 0 Å². The van der Waals surface area contributed by atoms with E-state index in [0.29, 0.717) is 17.0 Å². The van der Waals surface area contributed by atoms with Crippen molar-refractivity contribution in [1.29, 1.82) is 0 Å². The van der Waals surface area contributed by atoms with Crippen LogP contribution in [0.15, 0.2) is 72.3 Å². The molecule has 1 heterocycles. The van der Waals surface area contributed by atoms with Gasteiger partial charge in [0.1, 0.15) is 11.5 Å². The zero-order valence-corrected chi connectivity index (χ0v) is 18.8. The summed E-state index contributed by atoms with van der Waals surface area (Å²) >= 11 is 0. The zero-order chi connectivity index (χ0) is 24.6. The van der Waals surface area contributed by atoms with Gasteiger partial charge in [-0.3, -0.25) is 24.6 Å². The summed E-state index contributed by atoms with van der Waals surface area (Å²) < 4.78 is 5.33. The van der Waals surface area contributed by atoms with E-state index in [1.54, 1.807) is 36.4 Å². The van der Waals surface area contributed by atoms with Crippen LogP contribution >= 0.6 is 0 Å². The number of nitrogens with zero attached hydrogens (tertiary/aromatic N) is 2. The van der Waals surface area contributed by atoms with Crippen LogP contribution in [0.2, 0.25) is 0 Å². The highest BCUT2D eigenvalue weighted by atomic mass is 16.6. The highest BCUT2D eigenvalue weighted by Gasteiger charge is 2.47. The number of ketones is 1. The molecular formula is C26H22N2O6. The standard InChI is InChI=1S/C26H22N2O6/c1-15-10-16(2)12-20(11-15)27-23(17-6-5-9-21(14-17)34-3)22(25(30)26(27)31)24(29)18-7-4-8-19(13-18)28(32)33/h4-14,23,29H,1-3H3/b24-22-. The maximum atomic E-state index is 13.3. The molecule has 1 amide bonds. The van der Waals surface area contributed by atoms with Crippen LogP contribution in [0.4, 0.5) is 11.4 Å². The molecule has 1 saturated heterocycles. The van der Waals surface area contributed by atoms with Crippen LogP contribution in [0.25, 0.3) is 5.76 Å². The first kappa shape index (κ1) is 22.7. The molecule has 1 aliphatic heterocycles. The maximum Gasteiger partial charge on any atom is 0.300 e.